The fraction of sp³-hybridized carbons (Fsp3) is 0.571. The van der Waals surface area contributed by atoms with Crippen molar-refractivity contribution in [3.8, 4) is 0 Å². The normalized spacial score (nSPS) is 19.3. The second-order valence-electron chi connectivity index (χ2n) is 5.12. The summed E-state index contributed by atoms with van der Waals surface area (Å²) in [6, 6.07) is 5.77. The van der Waals surface area contributed by atoms with Gasteiger partial charge in [-0.05, 0) is 47.0 Å². The Balaban J connectivity index is 1.95. The Hall–Kier alpha value is -0.250. The van der Waals surface area contributed by atoms with Crippen molar-refractivity contribution in [3.05, 3.63) is 27.7 Å². The maximum absolute atomic E-state index is 10.5. The molecule has 0 aliphatic heterocycles. The van der Waals surface area contributed by atoms with Gasteiger partial charge in [0.05, 0.1) is 10.6 Å². The first-order valence-corrected chi connectivity index (χ1v) is 7.67. The molecule has 0 unspecified atom stereocenters. The minimum absolute atomic E-state index is 0.559. The molecule has 1 fully saturated rings. The van der Waals surface area contributed by atoms with Crippen molar-refractivity contribution in [1.29, 1.82) is 0 Å². The van der Waals surface area contributed by atoms with Gasteiger partial charge in [0, 0.05) is 16.7 Å². The Bertz CT molecular complexity index is 403. The highest BCUT2D eigenvalue weighted by Crippen LogP contribution is 2.29. The van der Waals surface area contributed by atoms with Crippen LogP contribution in [0.4, 0.5) is 5.69 Å². The fourth-order valence-electron chi connectivity index (χ4n) is 2.44. The Morgan fingerprint density at radius 1 is 1.22 bits per heavy atom. The van der Waals surface area contributed by atoms with Crippen LogP contribution < -0.4 is 5.32 Å². The first-order valence-electron chi connectivity index (χ1n) is 6.50. The van der Waals surface area contributed by atoms with Gasteiger partial charge in [-0.15, -0.1) is 0 Å². The molecule has 0 saturated heterocycles. The number of hydrogen-bond acceptors (Lipinski definition) is 2. The molecule has 18 heavy (non-hydrogen) atoms. The van der Waals surface area contributed by atoms with Crippen molar-refractivity contribution in [1.82, 2.24) is 0 Å². The third-order valence-electron chi connectivity index (χ3n) is 3.58. The highest BCUT2D eigenvalue weighted by Gasteiger charge is 2.27. The molecule has 0 spiro atoms. The molecule has 0 radical (unpaired) electrons. The molecule has 2 N–H and O–H groups in total. The minimum Gasteiger partial charge on any atom is -0.388 e. The quantitative estimate of drug-likeness (QED) is 0.793. The van der Waals surface area contributed by atoms with Gasteiger partial charge in [-0.1, -0.05) is 37.3 Å². The lowest BCUT2D eigenvalue weighted by molar-refractivity contribution is 0.0381. The first-order chi connectivity index (χ1) is 8.59. The number of benzene rings is 1. The predicted octanol–water partition coefficient (Wildman–Crippen LogP) is 4.60. The molecular weight excluding hydrogens is 314 g/mol. The van der Waals surface area contributed by atoms with Crippen LogP contribution in [0.15, 0.2) is 22.7 Å². The standard InChI is InChI=1S/C14H19BrClNO/c15-12-6-5-11(9-13(12)16)17-10-14(18)7-3-1-2-4-8-14/h5-6,9,17-18H,1-4,7-8,10H2. The third kappa shape index (κ3) is 3.87. The van der Waals surface area contributed by atoms with Crippen LogP contribution in [-0.2, 0) is 0 Å². The summed E-state index contributed by atoms with van der Waals surface area (Å²) in [6.07, 6.45) is 6.52. The van der Waals surface area contributed by atoms with Gasteiger partial charge in [-0.2, -0.15) is 0 Å². The molecule has 4 heteroatoms. The van der Waals surface area contributed by atoms with Gasteiger partial charge in [0.1, 0.15) is 0 Å². The molecule has 1 aliphatic carbocycles. The topological polar surface area (TPSA) is 32.3 Å². The number of hydrogen-bond donors (Lipinski definition) is 2. The summed E-state index contributed by atoms with van der Waals surface area (Å²) in [6.45, 7) is 0.602. The monoisotopic (exact) mass is 331 g/mol. The Kier molecular flexibility index (Phi) is 4.93. The SMILES string of the molecule is OC1(CNc2ccc(Br)c(Cl)c2)CCCCCC1. The molecule has 1 aromatic carbocycles. The number of anilines is 1. The Labute approximate surface area is 122 Å². The van der Waals surface area contributed by atoms with E-state index in [-0.39, 0.29) is 0 Å². The lowest BCUT2D eigenvalue weighted by atomic mass is 9.94. The molecule has 0 heterocycles. The Morgan fingerprint density at radius 3 is 2.50 bits per heavy atom. The number of rotatable bonds is 3. The van der Waals surface area contributed by atoms with Gasteiger partial charge < -0.3 is 10.4 Å². The van der Waals surface area contributed by atoms with Crippen LogP contribution in [0.1, 0.15) is 38.5 Å². The predicted molar refractivity (Wildman–Crippen MR) is 80.3 cm³/mol. The van der Waals surface area contributed by atoms with Crippen molar-refractivity contribution in [2.24, 2.45) is 0 Å². The number of halogens is 2. The number of nitrogens with one attached hydrogen (secondary N) is 1. The van der Waals surface area contributed by atoms with E-state index in [9.17, 15) is 5.11 Å². The molecule has 2 nitrogen and oxygen atoms in total. The van der Waals surface area contributed by atoms with Crippen molar-refractivity contribution in [2.45, 2.75) is 44.1 Å². The molecule has 1 saturated carbocycles. The van der Waals surface area contributed by atoms with Crippen LogP contribution in [0, 0.1) is 0 Å². The molecule has 0 amide bonds. The van der Waals surface area contributed by atoms with E-state index >= 15 is 0 Å². The van der Waals surface area contributed by atoms with Gasteiger partial charge in [-0.25, -0.2) is 0 Å². The third-order valence-corrected chi connectivity index (χ3v) is 4.81. The zero-order valence-electron chi connectivity index (χ0n) is 10.4. The molecule has 100 valence electrons. The van der Waals surface area contributed by atoms with E-state index in [0.29, 0.717) is 11.6 Å². The molecule has 0 bridgehead atoms. The fourth-order valence-corrected chi connectivity index (χ4v) is 2.86. The van der Waals surface area contributed by atoms with Crippen LogP contribution in [0.2, 0.25) is 5.02 Å². The van der Waals surface area contributed by atoms with Crippen LogP contribution in [0.25, 0.3) is 0 Å². The van der Waals surface area contributed by atoms with E-state index in [4.69, 9.17) is 11.6 Å². The Morgan fingerprint density at radius 2 is 1.89 bits per heavy atom. The molecule has 0 atom stereocenters. The van der Waals surface area contributed by atoms with Crippen LogP contribution in [0.3, 0.4) is 0 Å². The average Bonchev–Trinajstić information content (AvgIpc) is 2.56. The molecule has 1 aromatic rings. The second kappa shape index (κ2) is 6.27. The smallest absolute Gasteiger partial charge is 0.0819 e. The maximum atomic E-state index is 10.5. The summed E-state index contributed by atoms with van der Waals surface area (Å²) in [7, 11) is 0. The van der Waals surface area contributed by atoms with E-state index in [2.05, 4.69) is 21.2 Å². The van der Waals surface area contributed by atoms with Crippen LogP contribution in [-0.4, -0.2) is 17.3 Å². The summed E-state index contributed by atoms with van der Waals surface area (Å²) in [4.78, 5) is 0. The van der Waals surface area contributed by atoms with E-state index in [1.165, 1.54) is 12.8 Å². The van der Waals surface area contributed by atoms with E-state index < -0.39 is 5.60 Å². The molecule has 1 aliphatic rings. The summed E-state index contributed by atoms with van der Waals surface area (Å²) >= 11 is 9.42. The lowest BCUT2D eigenvalue weighted by Gasteiger charge is -2.27. The highest BCUT2D eigenvalue weighted by molar-refractivity contribution is 9.10. The number of aliphatic hydroxyl groups is 1. The van der Waals surface area contributed by atoms with Crippen molar-refractivity contribution in [2.75, 3.05) is 11.9 Å². The zero-order valence-corrected chi connectivity index (χ0v) is 12.7. The van der Waals surface area contributed by atoms with Gasteiger partial charge in [-0.3, -0.25) is 0 Å². The summed E-state index contributed by atoms with van der Waals surface area (Å²) in [5, 5.41) is 14.5. The van der Waals surface area contributed by atoms with Gasteiger partial charge in [0.2, 0.25) is 0 Å². The highest BCUT2D eigenvalue weighted by atomic mass is 79.9. The summed E-state index contributed by atoms with van der Waals surface area (Å²) in [5.74, 6) is 0. The first kappa shape index (κ1) is 14.2. The van der Waals surface area contributed by atoms with E-state index in [1.807, 2.05) is 18.2 Å². The van der Waals surface area contributed by atoms with Crippen molar-refractivity contribution < 1.29 is 5.11 Å². The molecule has 0 aromatic heterocycles. The average molecular weight is 333 g/mol. The van der Waals surface area contributed by atoms with Crippen molar-refractivity contribution >= 4 is 33.2 Å². The van der Waals surface area contributed by atoms with E-state index in [1.54, 1.807) is 0 Å². The zero-order chi connectivity index (χ0) is 13.0. The van der Waals surface area contributed by atoms with Crippen LogP contribution >= 0.6 is 27.5 Å². The molecular formula is C14H19BrClNO. The lowest BCUT2D eigenvalue weighted by Crippen LogP contribution is -2.36. The summed E-state index contributed by atoms with van der Waals surface area (Å²) in [5.41, 5.74) is 0.400. The van der Waals surface area contributed by atoms with Gasteiger partial charge in [0.25, 0.3) is 0 Å². The molecule has 2 rings (SSSR count). The minimum atomic E-state index is -0.559. The van der Waals surface area contributed by atoms with Crippen molar-refractivity contribution in [3.63, 3.8) is 0 Å². The second-order valence-corrected chi connectivity index (χ2v) is 6.38. The van der Waals surface area contributed by atoms with Crippen LogP contribution in [0.5, 0.6) is 0 Å². The van der Waals surface area contributed by atoms with Gasteiger partial charge >= 0.3 is 0 Å². The van der Waals surface area contributed by atoms with Gasteiger partial charge in [0.15, 0.2) is 0 Å². The van der Waals surface area contributed by atoms with E-state index in [0.717, 1.165) is 35.8 Å². The maximum Gasteiger partial charge on any atom is 0.0819 e. The largest absolute Gasteiger partial charge is 0.388 e. The summed E-state index contributed by atoms with van der Waals surface area (Å²) < 4.78 is 0.892.